The van der Waals surface area contributed by atoms with Gasteiger partial charge < -0.3 is 10.2 Å². The van der Waals surface area contributed by atoms with Crippen LogP contribution in [0.3, 0.4) is 0 Å². The summed E-state index contributed by atoms with van der Waals surface area (Å²) in [4.78, 5) is 14.5. The second-order valence-electron chi connectivity index (χ2n) is 5.30. The highest BCUT2D eigenvalue weighted by atomic mass is 35.5. The third-order valence-corrected chi connectivity index (χ3v) is 4.85. The predicted octanol–water partition coefficient (Wildman–Crippen LogP) is 5.13. The van der Waals surface area contributed by atoms with Crippen LogP contribution < -0.4 is 10.2 Å². The van der Waals surface area contributed by atoms with Crippen molar-refractivity contribution < 1.29 is 4.79 Å². The molecular formula is C19H14ClN3OS. The summed E-state index contributed by atoms with van der Waals surface area (Å²) in [6.07, 6.45) is 0. The maximum absolute atomic E-state index is 12.6. The Kier molecular flexibility index (Phi) is 5.13. The minimum Gasteiger partial charge on any atom is -0.321 e. The maximum Gasteiger partial charge on any atom is 0.269 e. The SMILES string of the molecule is CC1=CS/C(=C(/C#N)C(=O)Nc2cccc(Cl)c2)N1c1ccccc1. The number of para-hydroxylation sites is 1. The molecule has 6 heteroatoms. The monoisotopic (exact) mass is 367 g/mol. The van der Waals surface area contributed by atoms with Gasteiger partial charge in [0.15, 0.2) is 0 Å². The first-order valence-corrected chi connectivity index (χ1v) is 8.76. The Balaban J connectivity index is 1.95. The molecule has 2 aromatic rings. The molecule has 1 amide bonds. The molecule has 25 heavy (non-hydrogen) atoms. The van der Waals surface area contributed by atoms with Gasteiger partial charge in [0, 0.05) is 22.1 Å². The lowest BCUT2D eigenvalue weighted by atomic mass is 10.2. The van der Waals surface area contributed by atoms with Gasteiger partial charge in [0.05, 0.1) is 0 Å². The third kappa shape index (κ3) is 3.71. The molecule has 0 radical (unpaired) electrons. The van der Waals surface area contributed by atoms with E-state index in [1.165, 1.54) is 11.8 Å². The Morgan fingerprint density at radius 2 is 1.96 bits per heavy atom. The number of amides is 1. The number of nitrogens with one attached hydrogen (secondary N) is 1. The van der Waals surface area contributed by atoms with E-state index in [0.29, 0.717) is 15.7 Å². The number of carbonyl (C=O) groups is 1. The summed E-state index contributed by atoms with van der Waals surface area (Å²) in [6, 6.07) is 18.5. The van der Waals surface area contributed by atoms with Gasteiger partial charge >= 0.3 is 0 Å². The van der Waals surface area contributed by atoms with E-state index in [0.717, 1.165) is 11.4 Å². The van der Waals surface area contributed by atoms with E-state index in [2.05, 4.69) is 5.32 Å². The minimum absolute atomic E-state index is 0.0573. The number of hydrogen-bond acceptors (Lipinski definition) is 4. The number of rotatable bonds is 3. The minimum atomic E-state index is -0.462. The molecule has 0 aliphatic carbocycles. The van der Waals surface area contributed by atoms with E-state index in [4.69, 9.17) is 11.6 Å². The largest absolute Gasteiger partial charge is 0.321 e. The number of hydrogen-bond donors (Lipinski definition) is 1. The fourth-order valence-corrected chi connectivity index (χ4v) is 3.62. The molecule has 0 atom stereocenters. The Morgan fingerprint density at radius 3 is 2.64 bits per heavy atom. The van der Waals surface area contributed by atoms with Crippen LogP contribution in [-0.4, -0.2) is 5.91 Å². The lowest BCUT2D eigenvalue weighted by Gasteiger charge is -2.22. The molecule has 0 unspecified atom stereocenters. The summed E-state index contributed by atoms with van der Waals surface area (Å²) in [6.45, 7) is 1.94. The molecule has 0 spiro atoms. The number of nitrogens with zero attached hydrogens (tertiary/aromatic N) is 2. The van der Waals surface area contributed by atoms with Crippen molar-refractivity contribution >= 4 is 40.6 Å². The van der Waals surface area contributed by atoms with Crippen LogP contribution in [0.25, 0.3) is 0 Å². The average Bonchev–Trinajstić information content (AvgIpc) is 2.98. The van der Waals surface area contributed by atoms with Crippen molar-refractivity contribution in [1.82, 2.24) is 0 Å². The molecule has 0 bridgehead atoms. The van der Waals surface area contributed by atoms with Gasteiger partial charge in [-0.2, -0.15) is 5.26 Å². The van der Waals surface area contributed by atoms with Crippen molar-refractivity contribution in [2.75, 3.05) is 10.2 Å². The fourth-order valence-electron chi connectivity index (χ4n) is 2.43. The van der Waals surface area contributed by atoms with Crippen LogP contribution in [0, 0.1) is 11.3 Å². The molecule has 1 N–H and O–H groups in total. The second-order valence-corrected chi connectivity index (χ2v) is 6.60. The highest BCUT2D eigenvalue weighted by Crippen LogP contribution is 2.40. The maximum atomic E-state index is 12.6. The Bertz CT molecular complexity index is 916. The molecule has 124 valence electrons. The highest BCUT2D eigenvalue weighted by molar-refractivity contribution is 8.06. The Morgan fingerprint density at radius 1 is 1.20 bits per heavy atom. The van der Waals surface area contributed by atoms with E-state index in [1.54, 1.807) is 24.3 Å². The Hall–Kier alpha value is -2.68. The van der Waals surface area contributed by atoms with Crippen molar-refractivity contribution in [1.29, 1.82) is 5.26 Å². The highest BCUT2D eigenvalue weighted by Gasteiger charge is 2.27. The van der Waals surface area contributed by atoms with Gasteiger partial charge in [-0.3, -0.25) is 4.79 Å². The molecule has 1 aliphatic heterocycles. The van der Waals surface area contributed by atoms with Crippen LogP contribution in [0.1, 0.15) is 6.92 Å². The van der Waals surface area contributed by atoms with Gasteiger partial charge in [0.2, 0.25) is 0 Å². The van der Waals surface area contributed by atoms with Gasteiger partial charge in [0.1, 0.15) is 16.7 Å². The molecule has 0 saturated heterocycles. The van der Waals surface area contributed by atoms with Crippen LogP contribution in [0.4, 0.5) is 11.4 Å². The topological polar surface area (TPSA) is 56.1 Å². The van der Waals surface area contributed by atoms with Crippen LogP contribution in [0.5, 0.6) is 0 Å². The number of thioether (sulfide) groups is 1. The predicted molar refractivity (Wildman–Crippen MR) is 103 cm³/mol. The van der Waals surface area contributed by atoms with Crippen molar-refractivity contribution in [3.05, 3.63) is 81.3 Å². The van der Waals surface area contributed by atoms with Crippen LogP contribution >= 0.6 is 23.4 Å². The number of benzene rings is 2. The number of carbonyl (C=O) groups excluding carboxylic acids is 1. The normalized spacial score (nSPS) is 15.4. The zero-order valence-electron chi connectivity index (χ0n) is 13.4. The summed E-state index contributed by atoms with van der Waals surface area (Å²) in [7, 11) is 0. The molecule has 0 aromatic heterocycles. The summed E-state index contributed by atoms with van der Waals surface area (Å²) in [5.41, 5.74) is 2.46. The average molecular weight is 368 g/mol. The van der Waals surface area contributed by atoms with E-state index in [1.807, 2.05) is 53.6 Å². The number of anilines is 2. The molecule has 4 nitrogen and oxygen atoms in total. The number of nitriles is 1. The molecule has 0 fully saturated rings. The number of halogens is 1. The van der Waals surface area contributed by atoms with Gasteiger partial charge in [-0.05, 0) is 42.7 Å². The lowest BCUT2D eigenvalue weighted by molar-refractivity contribution is -0.112. The summed E-state index contributed by atoms with van der Waals surface area (Å²) < 4.78 is 0. The standard InChI is InChI=1S/C19H14ClN3OS/c1-13-12-25-19(23(13)16-8-3-2-4-9-16)17(11-21)18(24)22-15-7-5-6-14(20)10-15/h2-10,12H,1H3,(H,22,24)/b19-17-. The van der Waals surface area contributed by atoms with Crippen molar-refractivity contribution in [3.8, 4) is 6.07 Å². The quantitative estimate of drug-likeness (QED) is 0.603. The van der Waals surface area contributed by atoms with Crippen molar-refractivity contribution in [3.63, 3.8) is 0 Å². The van der Waals surface area contributed by atoms with Gasteiger partial charge in [0.25, 0.3) is 5.91 Å². The molecular weight excluding hydrogens is 354 g/mol. The summed E-state index contributed by atoms with van der Waals surface area (Å²) in [5, 5.41) is 15.3. The van der Waals surface area contributed by atoms with Crippen LogP contribution in [0.2, 0.25) is 5.02 Å². The smallest absolute Gasteiger partial charge is 0.269 e. The van der Waals surface area contributed by atoms with E-state index in [-0.39, 0.29) is 5.57 Å². The van der Waals surface area contributed by atoms with Gasteiger partial charge in [-0.25, -0.2) is 0 Å². The van der Waals surface area contributed by atoms with Crippen LogP contribution in [0.15, 0.2) is 76.3 Å². The zero-order valence-corrected chi connectivity index (χ0v) is 14.9. The Labute approximate surface area is 155 Å². The summed E-state index contributed by atoms with van der Waals surface area (Å²) >= 11 is 7.30. The van der Waals surface area contributed by atoms with E-state index < -0.39 is 5.91 Å². The van der Waals surface area contributed by atoms with Crippen molar-refractivity contribution in [2.24, 2.45) is 0 Å². The van der Waals surface area contributed by atoms with Crippen molar-refractivity contribution in [2.45, 2.75) is 6.92 Å². The first-order chi connectivity index (χ1) is 12.1. The molecule has 3 rings (SSSR count). The fraction of sp³-hybridized carbons (Fsp3) is 0.0526. The van der Waals surface area contributed by atoms with E-state index in [9.17, 15) is 10.1 Å². The second kappa shape index (κ2) is 7.47. The molecule has 0 saturated carbocycles. The lowest BCUT2D eigenvalue weighted by Crippen LogP contribution is -2.21. The first kappa shape index (κ1) is 17.2. The van der Waals surface area contributed by atoms with Gasteiger partial charge in [-0.15, -0.1) is 0 Å². The molecule has 1 aliphatic rings. The van der Waals surface area contributed by atoms with Crippen LogP contribution in [-0.2, 0) is 4.79 Å². The van der Waals surface area contributed by atoms with Gasteiger partial charge in [-0.1, -0.05) is 47.6 Å². The zero-order chi connectivity index (χ0) is 17.8. The molecule has 2 aromatic carbocycles. The summed E-state index contributed by atoms with van der Waals surface area (Å²) in [5.74, 6) is -0.462. The van der Waals surface area contributed by atoms with E-state index >= 15 is 0 Å². The number of allylic oxidation sites excluding steroid dienone is 1. The first-order valence-electron chi connectivity index (χ1n) is 7.50. The molecule has 1 heterocycles. The third-order valence-electron chi connectivity index (χ3n) is 3.55.